The van der Waals surface area contributed by atoms with Crippen LogP contribution in [0.5, 0.6) is 0 Å². The normalized spacial score (nSPS) is 26.3. The molecule has 17 heavy (non-hydrogen) atoms. The standard InChI is InChI=1S/C12H23NO3S/c1-3-4-10(2)9-17(15,16)13-12-6-5-11(7-12)8-14/h5-6,10-14H,3-4,7-9H2,1-2H3/t10?,11-,12+/m0/s1. The molecule has 0 aliphatic heterocycles. The molecule has 0 spiro atoms. The molecule has 0 bridgehead atoms. The fourth-order valence-electron chi connectivity index (χ4n) is 2.23. The minimum atomic E-state index is -3.20. The Bertz CT molecular complexity index is 351. The Hall–Kier alpha value is -0.390. The van der Waals surface area contributed by atoms with Gasteiger partial charge in [-0.3, -0.25) is 0 Å². The van der Waals surface area contributed by atoms with E-state index in [9.17, 15) is 8.42 Å². The van der Waals surface area contributed by atoms with Crippen molar-refractivity contribution in [3.8, 4) is 0 Å². The van der Waals surface area contributed by atoms with Crippen LogP contribution in [0.25, 0.3) is 0 Å². The third-order valence-corrected chi connectivity index (χ3v) is 4.69. The molecule has 3 atom stereocenters. The summed E-state index contributed by atoms with van der Waals surface area (Å²) in [4.78, 5) is 0. The van der Waals surface area contributed by atoms with E-state index in [2.05, 4.69) is 11.6 Å². The van der Waals surface area contributed by atoms with Gasteiger partial charge in [0.1, 0.15) is 0 Å². The third kappa shape index (κ3) is 5.19. The Labute approximate surface area is 104 Å². The van der Waals surface area contributed by atoms with Crippen molar-refractivity contribution in [1.82, 2.24) is 4.72 Å². The molecule has 1 aliphatic rings. The van der Waals surface area contributed by atoms with Crippen molar-refractivity contribution in [2.75, 3.05) is 12.4 Å². The predicted molar refractivity (Wildman–Crippen MR) is 69.1 cm³/mol. The summed E-state index contributed by atoms with van der Waals surface area (Å²) >= 11 is 0. The van der Waals surface area contributed by atoms with Crippen molar-refractivity contribution in [3.05, 3.63) is 12.2 Å². The molecule has 0 saturated heterocycles. The first-order valence-corrected chi connectivity index (χ1v) is 7.91. The minimum absolute atomic E-state index is 0.0843. The third-order valence-electron chi connectivity index (χ3n) is 3.02. The lowest BCUT2D eigenvalue weighted by Crippen LogP contribution is -2.36. The van der Waals surface area contributed by atoms with Crippen LogP contribution in [0, 0.1) is 11.8 Å². The van der Waals surface area contributed by atoms with E-state index in [0.717, 1.165) is 12.8 Å². The molecule has 5 heteroatoms. The fourth-order valence-corrected chi connectivity index (χ4v) is 3.87. The Morgan fingerprint density at radius 2 is 2.18 bits per heavy atom. The minimum Gasteiger partial charge on any atom is -0.396 e. The van der Waals surface area contributed by atoms with Crippen LogP contribution in [0.1, 0.15) is 33.1 Å². The van der Waals surface area contributed by atoms with Crippen LogP contribution in [0.15, 0.2) is 12.2 Å². The Morgan fingerprint density at radius 1 is 1.47 bits per heavy atom. The number of rotatable bonds is 7. The van der Waals surface area contributed by atoms with Crippen molar-refractivity contribution in [2.45, 2.75) is 39.2 Å². The van der Waals surface area contributed by atoms with Gasteiger partial charge in [-0.25, -0.2) is 13.1 Å². The summed E-state index contributed by atoms with van der Waals surface area (Å²) in [7, 11) is -3.20. The highest BCUT2D eigenvalue weighted by atomic mass is 32.2. The predicted octanol–water partition coefficient (Wildman–Crippen LogP) is 1.28. The van der Waals surface area contributed by atoms with E-state index in [1.165, 1.54) is 0 Å². The fraction of sp³-hybridized carbons (Fsp3) is 0.833. The van der Waals surface area contributed by atoms with Gasteiger partial charge in [-0.05, 0) is 18.8 Å². The number of hydrogen-bond donors (Lipinski definition) is 2. The lowest BCUT2D eigenvalue weighted by atomic mass is 10.1. The first-order chi connectivity index (χ1) is 7.96. The van der Waals surface area contributed by atoms with Gasteiger partial charge in [0.2, 0.25) is 10.0 Å². The summed E-state index contributed by atoms with van der Waals surface area (Å²) in [6.45, 7) is 4.10. The van der Waals surface area contributed by atoms with Crippen LogP contribution in [0.2, 0.25) is 0 Å². The highest BCUT2D eigenvalue weighted by Gasteiger charge is 2.23. The molecule has 0 saturated carbocycles. The second kappa shape index (κ2) is 6.52. The summed E-state index contributed by atoms with van der Waals surface area (Å²) < 4.78 is 26.4. The van der Waals surface area contributed by atoms with Crippen LogP contribution in [-0.2, 0) is 10.0 Å². The number of aliphatic hydroxyl groups excluding tert-OH is 1. The molecule has 4 nitrogen and oxygen atoms in total. The quantitative estimate of drug-likeness (QED) is 0.678. The van der Waals surface area contributed by atoms with Crippen molar-refractivity contribution in [3.63, 3.8) is 0 Å². The van der Waals surface area contributed by atoms with Crippen molar-refractivity contribution < 1.29 is 13.5 Å². The van der Waals surface area contributed by atoms with Gasteiger partial charge in [-0.1, -0.05) is 32.4 Å². The molecule has 0 radical (unpaired) electrons. The van der Waals surface area contributed by atoms with E-state index >= 15 is 0 Å². The van der Waals surface area contributed by atoms with E-state index in [1.807, 2.05) is 19.1 Å². The second-order valence-corrected chi connectivity index (χ2v) is 6.76. The van der Waals surface area contributed by atoms with Crippen LogP contribution < -0.4 is 4.72 Å². The molecule has 0 aromatic carbocycles. The average Bonchev–Trinajstić information content (AvgIpc) is 2.63. The molecule has 0 fully saturated rings. The summed E-state index contributed by atoms with van der Waals surface area (Å²) in [5.41, 5.74) is 0. The molecular formula is C12H23NO3S. The van der Waals surface area contributed by atoms with Gasteiger partial charge in [-0.2, -0.15) is 0 Å². The molecule has 100 valence electrons. The first kappa shape index (κ1) is 14.7. The van der Waals surface area contributed by atoms with Crippen LogP contribution in [0.3, 0.4) is 0 Å². The van der Waals surface area contributed by atoms with Gasteiger partial charge in [0, 0.05) is 18.6 Å². The van der Waals surface area contributed by atoms with E-state index < -0.39 is 10.0 Å². The lowest BCUT2D eigenvalue weighted by molar-refractivity contribution is 0.248. The first-order valence-electron chi connectivity index (χ1n) is 6.26. The zero-order valence-corrected chi connectivity index (χ0v) is 11.4. The highest BCUT2D eigenvalue weighted by Crippen LogP contribution is 2.18. The molecule has 1 aliphatic carbocycles. The van der Waals surface area contributed by atoms with E-state index in [-0.39, 0.29) is 30.2 Å². The number of sulfonamides is 1. The lowest BCUT2D eigenvalue weighted by Gasteiger charge is -2.15. The number of aliphatic hydroxyl groups is 1. The van der Waals surface area contributed by atoms with Crippen LogP contribution in [-0.4, -0.2) is 31.9 Å². The van der Waals surface area contributed by atoms with Gasteiger partial charge in [0.05, 0.1) is 5.75 Å². The maximum Gasteiger partial charge on any atom is 0.212 e. The molecule has 0 aromatic heterocycles. The maximum atomic E-state index is 11.9. The Kier molecular flexibility index (Phi) is 5.62. The molecule has 1 unspecified atom stereocenters. The van der Waals surface area contributed by atoms with Gasteiger partial charge in [-0.15, -0.1) is 0 Å². The van der Waals surface area contributed by atoms with Crippen molar-refractivity contribution >= 4 is 10.0 Å². The smallest absolute Gasteiger partial charge is 0.212 e. The average molecular weight is 261 g/mol. The summed E-state index contributed by atoms with van der Waals surface area (Å²) in [5.74, 6) is 0.474. The number of nitrogens with one attached hydrogen (secondary N) is 1. The number of hydrogen-bond acceptors (Lipinski definition) is 3. The maximum absolute atomic E-state index is 11.9. The Morgan fingerprint density at radius 3 is 2.71 bits per heavy atom. The largest absolute Gasteiger partial charge is 0.396 e. The molecule has 2 N–H and O–H groups in total. The van der Waals surface area contributed by atoms with Gasteiger partial charge in [0.15, 0.2) is 0 Å². The van der Waals surface area contributed by atoms with Crippen LogP contribution in [0.4, 0.5) is 0 Å². The molecule has 0 heterocycles. The van der Waals surface area contributed by atoms with Crippen LogP contribution >= 0.6 is 0 Å². The van der Waals surface area contributed by atoms with Gasteiger partial charge >= 0.3 is 0 Å². The topological polar surface area (TPSA) is 66.4 Å². The Balaban J connectivity index is 2.43. The zero-order chi connectivity index (χ0) is 12.9. The molecule has 0 amide bonds. The van der Waals surface area contributed by atoms with Crippen molar-refractivity contribution in [2.24, 2.45) is 11.8 Å². The molecule has 1 rings (SSSR count). The van der Waals surface area contributed by atoms with E-state index in [0.29, 0.717) is 6.42 Å². The van der Waals surface area contributed by atoms with E-state index in [1.54, 1.807) is 0 Å². The van der Waals surface area contributed by atoms with Crippen molar-refractivity contribution in [1.29, 1.82) is 0 Å². The summed E-state index contributed by atoms with van der Waals surface area (Å²) in [6, 6.07) is -0.147. The van der Waals surface area contributed by atoms with Gasteiger partial charge < -0.3 is 5.11 Å². The molecular weight excluding hydrogens is 238 g/mol. The molecule has 0 aromatic rings. The zero-order valence-electron chi connectivity index (χ0n) is 10.6. The highest BCUT2D eigenvalue weighted by molar-refractivity contribution is 7.89. The summed E-state index contributed by atoms with van der Waals surface area (Å²) in [5, 5.41) is 8.97. The second-order valence-electron chi connectivity index (χ2n) is 4.96. The monoisotopic (exact) mass is 261 g/mol. The van der Waals surface area contributed by atoms with Gasteiger partial charge in [0.25, 0.3) is 0 Å². The van der Waals surface area contributed by atoms with E-state index in [4.69, 9.17) is 5.11 Å². The SMILES string of the molecule is CCCC(C)CS(=O)(=O)N[C@@H]1C=C[C@H](CO)C1. The summed E-state index contributed by atoms with van der Waals surface area (Å²) in [6.07, 6.45) is 6.32.